The molecule has 0 N–H and O–H groups in total. The van der Waals surface area contributed by atoms with E-state index in [9.17, 15) is 13.2 Å². The van der Waals surface area contributed by atoms with Crippen LogP contribution >= 0.6 is 11.5 Å². The van der Waals surface area contributed by atoms with Crippen molar-refractivity contribution in [3.05, 3.63) is 23.7 Å². The van der Waals surface area contributed by atoms with Crippen molar-refractivity contribution in [2.45, 2.75) is 23.0 Å². The molecule has 0 aliphatic carbocycles. The number of sulfone groups is 1. The summed E-state index contributed by atoms with van der Waals surface area (Å²) in [5, 5.41) is 8.02. The van der Waals surface area contributed by atoms with Gasteiger partial charge < -0.3 is 4.90 Å². The van der Waals surface area contributed by atoms with E-state index < -0.39 is 9.84 Å². The van der Waals surface area contributed by atoms with Gasteiger partial charge in [0.2, 0.25) is 0 Å². The van der Waals surface area contributed by atoms with Gasteiger partial charge in [0, 0.05) is 50.0 Å². The molecule has 8 nitrogen and oxygen atoms in total. The van der Waals surface area contributed by atoms with Crippen LogP contribution in [0.1, 0.15) is 34.9 Å². The highest BCUT2D eigenvalue weighted by Crippen LogP contribution is 2.32. The zero-order valence-electron chi connectivity index (χ0n) is 12.8. The summed E-state index contributed by atoms with van der Waals surface area (Å²) in [4.78, 5) is 14.2. The zero-order valence-corrected chi connectivity index (χ0v) is 14.5. The zero-order chi connectivity index (χ0) is 16.6. The van der Waals surface area contributed by atoms with Crippen molar-refractivity contribution in [1.29, 1.82) is 0 Å². The van der Waals surface area contributed by atoms with Gasteiger partial charge in [0.1, 0.15) is 5.69 Å². The lowest BCUT2D eigenvalue weighted by atomic mass is 9.94. The molecule has 1 aliphatic rings. The van der Waals surface area contributed by atoms with Gasteiger partial charge in [-0.15, -0.1) is 5.10 Å². The number of rotatable bonds is 3. The molecule has 10 heteroatoms. The number of nitrogens with zero attached hydrogens (tertiary/aromatic N) is 5. The first-order valence-corrected chi connectivity index (χ1v) is 9.84. The van der Waals surface area contributed by atoms with Crippen molar-refractivity contribution in [2.75, 3.05) is 19.3 Å². The normalized spacial score (nSPS) is 16.7. The van der Waals surface area contributed by atoms with E-state index in [0.29, 0.717) is 37.3 Å². The van der Waals surface area contributed by atoms with E-state index in [-0.39, 0.29) is 16.0 Å². The Hall–Kier alpha value is -1.81. The summed E-state index contributed by atoms with van der Waals surface area (Å²) in [6, 6.07) is 1.69. The van der Waals surface area contributed by atoms with E-state index in [1.54, 1.807) is 28.9 Å². The Labute approximate surface area is 138 Å². The summed E-state index contributed by atoms with van der Waals surface area (Å²) < 4.78 is 29.1. The molecule has 0 atom stereocenters. The fourth-order valence-corrected chi connectivity index (χ4v) is 4.53. The third-order valence-corrected chi connectivity index (χ3v) is 6.58. The monoisotopic (exact) mass is 355 g/mol. The number of aryl methyl sites for hydroxylation is 1. The van der Waals surface area contributed by atoms with Crippen molar-refractivity contribution in [1.82, 2.24) is 24.3 Å². The Balaban J connectivity index is 1.71. The maximum atomic E-state index is 12.4. The van der Waals surface area contributed by atoms with Crippen LogP contribution in [0.4, 0.5) is 0 Å². The van der Waals surface area contributed by atoms with Crippen molar-refractivity contribution in [2.24, 2.45) is 7.05 Å². The molecule has 0 bridgehead atoms. The smallest absolute Gasteiger partial charge is 0.272 e. The molecule has 1 aliphatic heterocycles. The molecule has 23 heavy (non-hydrogen) atoms. The Kier molecular flexibility index (Phi) is 4.19. The number of hydrogen-bond acceptors (Lipinski definition) is 7. The average molecular weight is 355 g/mol. The number of carbonyl (C=O) groups is 1. The summed E-state index contributed by atoms with van der Waals surface area (Å²) in [5.74, 6) is -0.0303. The first-order valence-electron chi connectivity index (χ1n) is 7.17. The molecule has 124 valence electrons. The Morgan fingerprint density at radius 2 is 2.04 bits per heavy atom. The maximum Gasteiger partial charge on any atom is 0.272 e. The minimum Gasteiger partial charge on any atom is -0.337 e. The standard InChI is InChI=1S/C13H17N5O3S2/c1-17-10(3-6-14-17)12(19)18-7-4-9(5-8-18)11-13(22-16-15-11)23(2,20)21/h3,6,9H,4-5,7-8H2,1-2H3. The molecule has 3 rings (SSSR count). The second kappa shape index (κ2) is 6.00. The average Bonchev–Trinajstić information content (AvgIpc) is 3.15. The van der Waals surface area contributed by atoms with E-state index in [1.807, 2.05) is 0 Å². The Bertz CT molecular complexity index is 818. The van der Waals surface area contributed by atoms with Crippen LogP contribution in [0.5, 0.6) is 0 Å². The fraction of sp³-hybridized carbons (Fsp3) is 0.538. The molecule has 0 radical (unpaired) electrons. The van der Waals surface area contributed by atoms with Crippen molar-refractivity contribution < 1.29 is 13.2 Å². The van der Waals surface area contributed by atoms with E-state index in [4.69, 9.17) is 0 Å². The van der Waals surface area contributed by atoms with E-state index in [2.05, 4.69) is 14.7 Å². The van der Waals surface area contributed by atoms with Gasteiger partial charge in [-0.25, -0.2) is 8.42 Å². The van der Waals surface area contributed by atoms with Crippen LogP contribution in [0, 0.1) is 0 Å². The van der Waals surface area contributed by atoms with Crippen LogP contribution in [-0.4, -0.2) is 57.9 Å². The van der Waals surface area contributed by atoms with Gasteiger partial charge in [0.05, 0.1) is 5.69 Å². The molecule has 1 fully saturated rings. The van der Waals surface area contributed by atoms with E-state index in [0.717, 1.165) is 11.5 Å². The summed E-state index contributed by atoms with van der Waals surface area (Å²) in [7, 11) is -1.57. The predicted octanol–water partition coefficient (Wildman–Crippen LogP) is 0.695. The highest BCUT2D eigenvalue weighted by atomic mass is 32.2. The molecule has 0 spiro atoms. The number of piperidine rings is 1. The minimum atomic E-state index is -3.31. The molecule has 2 aromatic heterocycles. The fourth-order valence-electron chi connectivity index (χ4n) is 2.80. The second-order valence-electron chi connectivity index (χ2n) is 5.62. The highest BCUT2D eigenvalue weighted by molar-refractivity contribution is 7.92. The van der Waals surface area contributed by atoms with Gasteiger partial charge in [-0.3, -0.25) is 9.48 Å². The molecule has 2 aromatic rings. The van der Waals surface area contributed by atoms with Crippen LogP contribution in [0.15, 0.2) is 16.5 Å². The molecule has 0 aromatic carbocycles. The van der Waals surface area contributed by atoms with Crippen LogP contribution in [0.2, 0.25) is 0 Å². The van der Waals surface area contributed by atoms with Gasteiger partial charge in [0.15, 0.2) is 14.0 Å². The van der Waals surface area contributed by atoms with Gasteiger partial charge in [-0.1, -0.05) is 4.49 Å². The van der Waals surface area contributed by atoms with Crippen LogP contribution in [0.25, 0.3) is 0 Å². The lowest BCUT2D eigenvalue weighted by molar-refractivity contribution is 0.0700. The SMILES string of the molecule is Cn1nccc1C(=O)N1CCC(c2nnsc2S(C)(=O)=O)CC1. The van der Waals surface area contributed by atoms with Crippen molar-refractivity contribution in [3.63, 3.8) is 0 Å². The number of aromatic nitrogens is 4. The second-order valence-corrected chi connectivity index (χ2v) is 8.59. The lowest BCUT2D eigenvalue weighted by Gasteiger charge is -2.31. The highest BCUT2D eigenvalue weighted by Gasteiger charge is 2.31. The molecule has 3 heterocycles. The van der Waals surface area contributed by atoms with Gasteiger partial charge in [0.25, 0.3) is 5.91 Å². The largest absolute Gasteiger partial charge is 0.337 e. The predicted molar refractivity (Wildman–Crippen MR) is 84.1 cm³/mol. The first kappa shape index (κ1) is 16.1. The molecular formula is C13H17N5O3S2. The Morgan fingerprint density at radius 3 is 2.61 bits per heavy atom. The summed E-state index contributed by atoms with van der Waals surface area (Å²) >= 11 is 0.916. The molecule has 0 saturated carbocycles. The van der Waals surface area contributed by atoms with E-state index >= 15 is 0 Å². The third kappa shape index (κ3) is 3.13. The van der Waals surface area contributed by atoms with Crippen LogP contribution in [-0.2, 0) is 16.9 Å². The molecule has 1 saturated heterocycles. The number of hydrogen-bond donors (Lipinski definition) is 0. The lowest BCUT2D eigenvalue weighted by Crippen LogP contribution is -2.39. The Morgan fingerprint density at radius 1 is 1.35 bits per heavy atom. The maximum absolute atomic E-state index is 12.4. The van der Waals surface area contributed by atoms with E-state index in [1.165, 1.54) is 6.26 Å². The van der Waals surface area contributed by atoms with Crippen LogP contribution < -0.4 is 0 Å². The molecule has 0 unspecified atom stereocenters. The van der Waals surface area contributed by atoms with Crippen LogP contribution in [0.3, 0.4) is 0 Å². The third-order valence-electron chi connectivity index (χ3n) is 4.03. The van der Waals surface area contributed by atoms with Gasteiger partial charge >= 0.3 is 0 Å². The summed E-state index contributed by atoms with van der Waals surface area (Å²) in [6.07, 6.45) is 4.13. The summed E-state index contributed by atoms with van der Waals surface area (Å²) in [6.45, 7) is 1.13. The van der Waals surface area contributed by atoms with Crippen molar-refractivity contribution >= 4 is 27.3 Å². The number of likely N-dealkylation sites (tertiary alicyclic amines) is 1. The molecule has 1 amide bonds. The van der Waals surface area contributed by atoms with Gasteiger partial charge in [-0.2, -0.15) is 5.10 Å². The van der Waals surface area contributed by atoms with Gasteiger partial charge in [-0.05, 0) is 18.9 Å². The summed E-state index contributed by atoms with van der Waals surface area (Å²) in [5.41, 5.74) is 1.10. The number of carbonyl (C=O) groups excluding carboxylic acids is 1. The topological polar surface area (TPSA) is 98.1 Å². The quantitative estimate of drug-likeness (QED) is 0.803. The number of amides is 1. The van der Waals surface area contributed by atoms with Crippen molar-refractivity contribution in [3.8, 4) is 0 Å². The molecular weight excluding hydrogens is 338 g/mol. The first-order chi connectivity index (χ1) is 10.9. The minimum absolute atomic E-state index is 0.0223.